The Kier molecular flexibility index (Phi) is 6.88. The second-order valence-electron chi connectivity index (χ2n) is 7.26. The van der Waals surface area contributed by atoms with Crippen molar-refractivity contribution in [2.45, 2.75) is 17.1 Å². The van der Waals surface area contributed by atoms with Crippen LogP contribution in [0, 0.1) is 5.92 Å². The summed E-state index contributed by atoms with van der Waals surface area (Å²) < 4.78 is 43.7. The highest BCUT2D eigenvalue weighted by Gasteiger charge is 2.34. The zero-order valence-electron chi connectivity index (χ0n) is 17.8. The molecule has 0 bridgehead atoms. The number of hydrogen-bond acceptors (Lipinski definition) is 9. The molecule has 1 fully saturated rings. The third-order valence-corrected chi connectivity index (χ3v) is 8.71. The van der Waals surface area contributed by atoms with Gasteiger partial charge in [-0.1, -0.05) is 16.7 Å². The number of piperidine rings is 1. The van der Waals surface area contributed by atoms with Crippen LogP contribution in [0.4, 0.5) is 6.01 Å². The Morgan fingerprint density at radius 1 is 1.21 bits per heavy atom. The van der Waals surface area contributed by atoms with Crippen molar-refractivity contribution in [3.05, 3.63) is 34.7 Å². The average molecular weight is 513 g/mol. The molecule has 2 aromatic heterocycles. The van der Waals surface area contributed by atoms with E-state index in [1.54, 1.807) is 18.2 Å². The van der Waals surface area contributed by atoms with Gasteiger partial charge in [-0.25, -0.2) is 8.42 Å². The zero-order chi connectivity index (χ0) is 23.6. The third-order valence-electron chi connectivity index (χ3n) is 5.15. The Morgan fingerprint density at radius 2 is 1.94 bits per heavy atom. The summed E-state index contributed by atoms with van der Waals surface area (Å²) in [5, 5.41) is 10.4. The topological polar surface area (TPSA) is 124 Å². The van der Waals surface area contributed by atoms with Crippen molar-refractivity contribution >= 4 is 44.9 Å². The van der Waals surface area contributed by atoms with Crippen LogP contribution in [0.15, 0.2) is 39.0 Å². The number of ether oxygens (including phenoxy) is 2. The number of anilines is 1. The second kappa shape index (κ2) is 9.67. The maximum atomic E-state index is 12.9. The van der Waals surface area contributed by atoms with Crippen molar-refractivity contribution in [1.82, 2.24) is 14.5 Å². The molecule has 0 saturated carbocycles. The van der Waals surface area contributed by atoms with Crippen LogP contribution >= 0.6 is 22.9 Å². The molecule has 13 heteroatoms. The zero-order valence-corrected chi connectivity index (χ0v) is 20.2. The summed E-state index contributed by atoms with van der Waals surface area (Å²) in [6, 6.07) is 8.03. The van der Waals surface area contributed by atoms with E-state index in [1.165, 1.54) is 30.7 Å². The van der Waals surface area contributed by atoms with E-state index in [-0.39, 0.29) is 22.7 Å². The number of carbonyl (C=O) groups excluding carboxylic acids is 1. The number of methoxy groups -OCH3 is 2. The van der Waals surface area contributed by atoms with Crippen molar-refractivity contribution in [2.75, 3.05) is 32.6 Å². The molecule has 3 aromatic rings. The fourth-order valence-corrected chi connectivity index (χ4v) is 6.63. The summed E-state index contributed by atoms with van der Waals surface area (Å²) in [5.74, 6) is 0.311. The van der Waals surface area contributed by atoms with Gasteiger partial charge in [0.15, 0.2) is 0 Å². The minimum Gasteiger partial charge on any atom is -0.497 e. The fourth-order valence-electron chi connectivity index (χ4n) is 3.47. The first-order valence-corrected chi connectivity index (χ1v) is 12.6. The van der Waals surface area contributed by atoms with Gasteiger partial charge in [0.2, 0.25) is 11.8 Å². The van der Waals surface area contributed by atoms with E-state index in [4.69, 9.17) is 25.5 Å². The summed E-state index contributed by atoms with van der Waals surface area (Å²) in [6.45, 7) is 0.391. The number of aromatic nitrogens is 2. The Bertz CT molecular complexity index is 1240. The summed E-state index contributed by atoms with van der Waals surface area (Å²) in [4.78, 5) is 12.8. The number of nitrogens with zero attached hydrogens (tertiary/aromatic N) is 3. The smallest absolute Gasteiger partial charge is 0.322 e. The molecule has 1 aromatic carbocycles. The van der Waals surface area contributed by atoms with Gasteiger partial charge in [0, 0.05) is 24.7 Å². The number of carbonyl (C=O) groups is 1. The van der Waals surface area contributed by atoms with E-state index in [0.29, 0.717) is 40.8 Å². The molecule has 3 heterocycles. The summed E-state index contributed by atoms with van der Waals surface area (Å²) >= 11 is 6.88. The minimum atomic E-state index is -3.71. The van der Waals surface area contributed by atoms with E-state index < -0.39 is 21.8 Å². The van der Waals surface area contributed by atoms with Crippen LogP contribution < -0.4 is 14.8 Å². The van der Waals surface area contributed by atoms with Crippen molar-refractivity contribution in [3.63, 3.8) is 0 Å². The van der Waals surface area contributed by atoms with E-state index in [0.717, 1.165) is 11.3 Å². The molecule has 1 saturated heterocycles. The van der Waals surface area contributed by atoms with Crippen LogP contribution in [-0.2, 0) is 14.8 Å². The molecule has 10 nitrogen and oxygen atoms in total. The lowest BCUT2D eigenvalue weighted by Gasteiger charge is -2.30. The van der Waals surface area contributed by atoms with E-state index in [1.807, 2.05) is 0 Å². The highest BCUT2D eigenvalue weighted by Crippen LogP contribution is 2.32. The van der Waals surface area contributed by atoms with Gasteiger partial charge in [0.25, 0.3) is 10.0 Å². The number of rotatable bonds is 7. The standard InChI is InChI=1S/C20H21ClN4O6S2/c1-29-14-8-13(9-15(10-14)30-2)19-23-24-20(31-19)22-18(26)12-4-3-7-25(11-12)33(27,28)17-6-5-16(21)32-17/h5-6,8-10,12H,3-4,7,11H2,1-2H3,(H,22,24,26). The number of hydrogen-bond donors (Lipinski definition) is 1. The first-order chi connectivity index (χ1) is 15.8. The molecule has 1 unspecified atom stereocenters. The van der Waals surface area contributed by atoms with Crippen LogP contribution in [0.5, 0.6) is 11.5 Å². The predicted octanol–water partition coefficient (Wildman–Crippen LogP) is 3.51. The number of benzene rings is 1. The quantitative estimate of drug-likeness (QED) is 0.510. The van der Waals surface area contributed by atoms with Crippen LogP contribution in [0.2, 0.25) is 4.34 Å². The number of nitrogens with one attached hydrogen (secondary N) is 1. The van der Waals surface area contributed by atoms with Crippen LogP contribution in [0.3, 0.4) is 0 Å². The molecule has 1 aliphatic rings. The molecular weight excluding hydrogens is 492 g/mol. The molecule has 1 N–H and O–H groups in total. The average Bonchev–Trinajstić information content (AvgIpc) is 3.48. The van der Waals surface area contributed by atoms with Gasteiger partial charge in [-0.15, -0.1) is 16.4 Å². The Balaban J connectivity index is 1.45. The number of sulfonamides is 1. The fraction of sp³-hybridized carbons (Fsp3) is 0.350. The van der Waals surface area contributed by atoms with Crippen molar-refractivity contribution in [1.29, 1.82) is 0 Å². The summed E-state index contributed by atoms with van der Waals surface area (Å²) in [5.41, 5.74) is 0.559. The van der Waals surface area contributed by atoms with Crippen molar-refractivity contribution in [2.24, 2.45) is 5.92 Å². The maximum Gasteiger partial charge on any atom is 0.322 e. The maximum absolute atomic E-state index is 12.9. The monoisotopic (exact) mass is 512 g/mol. The van der Waals surface area contributed by atoms with Gasteiger partial charge >= 0.3 is 6.01 Å². The first kappa shape index (κ1) is 23.5. The lowest BCUT2D eigenvalue weighted by molar-refractivity contribution is -0.121. The lowest BCUT2D eigenvalue weighted by Crippen LogP contribution is -2.43. The van der Waals surface area contributed by atoms with E-state index >= 15 is 0 Å². The molecule has 33 heavy (non-hydrogen) atoms. The SMILES string of the molecule is COc1cc(OC)cc(-c2nnc(NC(=O)C3CCCN(S(=O)(=O)c4ccc(Cl)s4)C3)o2)c1. The minimum absolute atomic E-state index is 0.0533. The van der Waals surface area contributed by atoms with Crippen molar-refractivity contribution in [3.8, 4) is 23.0 Å². The molecule has 0 aliphatic carbocycles. The Labute approximate surface area is 199 Å². The molecular formula is C20H21ClN4O6S2. The van der Waals surface area contributed by atoms with Gasteiger partial charge in [-0.3, -0.25) is 10.1 Å². The van der Waals surface area contributed by atoms with Gasteiger partial charge < -0.3 is 13.9 Å². The highest BCUT2D eigenvalue weighted by atomic mass is 35.5. The van der Waals surface area contributed by atoms with Crippen LogP contribution in [-0.4, -0.2) is 56.1 Å². The van der Waals surface area contributed by atoms with E-state index in [9.17, 15) is 13.2 Å². The molecule has 1 aliphatic heterocycles. The van der Waals surface area contributed by atoms with Crippen LogP contribution in [0.1, 0.15) is 12.8 Å². The van der Waals surface area contributed by atoms with Crippen molar-refractivity contribution < 1.29 is 27.1 Å². The summed E-state index contributed by atoms with van der Waals surface area (Å²) in [6.07, 6.45) is 1.09. The number of halogens is 1. The van der Waals surface area contributed by atoms with Gasteiger partial charge in [-0.05, 0) is 37.1 Å². The third kappa shape index (κ3) is 5.13. The van der Waals surface area contributed by atoms with Crippen LogP contribution in [0.25, 0.3) is 11.5 Å². The van der Waals surface area contributed by atoms with Gasteiger partial charge in [0.1, 0.15) is 15.7 Å². The molecule has 176 valence electrons. The van der Waals surface area contributed by atoms with E-state index in [2.05, 4.69) is 15.5 Å². The predicted molar refractivity (Wildman–Crippen MR) is 122 cm³/mol. The van der Waals surface area contributed by atoms with Gasteiger partial charge in [0.05, 0.1) is 24.5 Å². The molecule has 0 radical (unpaired) electrons. The first-order valence-electron chi connectivity index (χ1n) is 9.93. The molecule has 1 atom stereocenters. The second-order valence-corrected chi connectivity index (χ2v) is 11.1. The lowest BCUT2D eigenvalue weighted by atomic mass is 9.99. The molecule has 1 amide bonds. The normalized spacial score (nSPS) is 17.0. The summed E-state index contributed by atoms with van der Waals surface area (Å²) in [7, 11) is -0.660. The largest absolute Gasteiger partial charge is 0.497 e. The molecule has 0 spiro atoms. The highest BCUT2D eigenvalue weighted by molar-refractivity contribution is 7.91. The Hall–Kier alpha value is -2.67. The molecule has 4 rings (SSSR count). The van der Waals surface area contributed by atoms with Gasteiger partial charge in [-0.2, -0.15) is 4.31 Å². The number of thiophene rings is 1. The Morgan fingerprint density at radius 3 is 2.58 bits per heavy atom. The number of amides is 1.